The normalized spacial score (nSPS) is 12.7. The zero-order valence-corrected chi connectivity index (χ0v) is 12.8. The monoisotopic (exact) mass is 277 g/mol. The lowest BCUT2D eigenvalue weighted by molar-refractivity contribution is -0.158. The molecule has 0 fully saturated rings. The third kappa shape index (κ3) is 5.87. The predicted octanol–water partition coefficient (Wildman–Crippen LogP) is 2.38. The van der Waals surface area contributed by atoms with Gasteiger partial charge in [-0.3, -0.25) is 4.79 Å². The van der Waals surface area contributed by atoms with E-state index in [9.17, 15) is 9.59 Å². The van der Waals surface area contributed by atoms with Gasteiger partial charge in [-0.1, -0.05) is 29.8 Å². The van der Waals surface area contributed by atoms with Gasteiger partial charge in [0.15, 0.2) is 0 Å². The Bertz CT molecular complexity index is 489. The lowest BCUT2D eigenvalue weighted by Gasteiger charge is -2.22. The van der Waals surface area contributed by atoms with Gasteiger partial charge in [-0.05, 0) is 40.2 Å². The van der Waals surface area contributed by atoms with E-state index in [1.165, 1.54) is 0 Å². The highest BCUT2D eigenvalue weighted by Gasteiger charge is 2.22. The first kappa shape index (κ1) is 16.2. The average molecular weight is 277 g/mol. The predicted molar refractivity (Wildman–Crippen MR) is 78.3 cm³/mol. The Morgan fingerprint density at radius 1 is 1.30 bits per heavy atom. The van der Waals surface area contributed by atoms with Crippen molar-refractivity contribution in [3.8, 4) is 0 Å². The molecule has 1 aromatic carbocycles. The summed E-state index contributed by atoms with van der Waals surface area (Å²) in [7, 11) is 0. The Hall–Kier alpha value is -1.84. The zero-order valence-electron chi connectivity index (χ0n) is 12.8. The molecule has 0 heterocycles. The average Bonchev–Trinajstić information content (AvgIpc) is 2.26. The van der Waals surface area contributed by atoms with E-state index in [4.69, 9.17) is 4.74 Å². The molecule has 4 heteroatoms. The van der Waals surface area contributed by atoms with Crippen molar-refractivity contribution in [3.63, 3.8) is 0 Å². The molecular weight excluding hydrogens is 254 g/mol. The number of nitrogens with one attached hydrogen (secondary N) is 1. The first-order valence-corrected chi connectivity index (χ1v) is 6.75. The molecule has 110 valence electrons. The van der Waals surface area contributed by atoms with Crippen LogP contribution in [0.2, 0.25) is 0 Å². The highest BCUT2D eigenvalue weighted by Crippen LogP contribution is 2.09. The second-order valence-corrected chi connectivity index (χ2v) is 5.99. The summed E-state index contributed by atoms with van der Waals surface area (Å²) < 4.78 is 5.22. The minimum absolute atomic E-state index is 0.186. The molecule has 20 heavy (non-hydrogen) atoms. The van der Waals surface area contributed by atoms with Crippen molar-refractivity contribution >= 4 is 11.9 Å². The second kappa shape index (κ2) is 6.55. The molecule has 0 aromatic heterocycles. The van der Waals surface area contributed by atoms with Gasteiger partial charge < -0.3 is 10.1 Å². The van der Waals surface area contributed by atoms with Crippen LogP contribution in [0.1, 0.15) is 38.8 Å². The van der Waals surface area contributed by atoms with Crippen LogP contribution in [0, 0.1) is 6.92 Å². The third-order valence-corrected chi connectivity index (χ3v) is 2.58. The smallest absolute Gasteiger partial charge is 0.328 e. The third-order valence-electron chi connectivity index (χ3n) is 2.58. The minimum Gasteiger partial charge on any atom is -0.458 e. The summed E-state index contributed by atoms with van der Waals surface area (Å²) in [5.41, 5.74) is 1.49. The number of aryl methyl sites for hydroxylation is 1. The maximum absolute atomic E-state index is 11.9. The number of esters is 1. The first-order valence-electron chi connectivity index (χ1n) is 6.75. The number of ether oxygens (including phenoxy) is 1. The van der Waals surface area contributed by atoms with Gasteiger partial charge in [0.05, 0.1) is 6.42 Å². The molecule has 0 aliphatic heterocycles. The summed E-state index contributed by atoms with van der Waals surface area (Å²) in [4.78, 5) is 23.6. The van der Waals surface area contributed by atoms with Gasteiger partial charge in [0.2, 0.25) is 5.91 Å². The van der Waals surface area contributed by atoms with E-state index in [1.807, 2.05) is 31.2 Å². The molecule has 4 nitrogen and oxygen atoms in total. The van der Waals surface area contributed by atoms with E-state index < -0.39 is 17.6 Å². The number of amides is 1. The number of carbonyl (C=O) groups excluding carboxylic acids is 2. The molecule has 1 atom stereocenters. The Balaban J connectivity index is 2.52. The number of hydrogen-bond donors (Lipinski definition) is 1. The van der Waals surface area contributed by atoms with Crippen LogP contribution >= 0.6 is 0 Å². The molecule has 0 saturated carbocycles. The van der Waals surface area contributed by atoms with Gasteiger partial charge in [-0.15, -0.1) is 0 Å². The fraction of sp³-hybridized carbons (Fsp3) is 0.500. The number of hydrogen-bond acceptors (Lipinski definition) is 3. The lowest BCUT2D eigenvalue weighted by atomic mass is 10.1. The topological polar surface area (TPSA) is 55.4 Å². The zero-order chi connectivity index (χ0) is 15.3. The van der Waals surface area contributed by atoms with Crippen molar-refractivity contribution in [1.29, 1.82) is 0 Å². The first-order chi connectivity index (χ1) is 9.17. The summed E-state index contributed by atoms with van der Waals surface area (Å²) in [5.74, 6) is -0.607. The van der Waals surface area contributed by atoms with Crippen molar-refractivity contribution in [2.45, 2.75) is 52.7 Å². The summed E-state index contributed by atoms with van der Waals surface area (Å²) in [6.07, 6.45) is 0.259. The molecule has 0 aliphatic carbocycles. The van der Waals surface area contributed by atoms with Crippen LogP contribution in [0.4, 0.5) is 0 Å². The van der Waals surface area contributed by atoms with Gasteiger partial charge in [-0.2, -0.15) is 0 Å². The molecule has 1 aromatic rings. The highest BCUT2D eigenvalue weighted by molar-refractivity contribution is 5.85. The van der Waals surface area contributed by atoms with Gasteiger partial charge >= 0.3 is 5.97 Å². The molecule has 0 radical (unpaired) electrons. The van der Waals surface area contributed by atoms with E-state index in [0.29, 0.717) is 0 Å². The molecule has 0 saturated heterocycles. The number of rotatable bonds is 4. The van der Waals surface area contributed by atoms with Crippen LogP contribution in [0.5, 0.6) is 0 Å². The van der Waals surface area contributed by atoms with Gasteiger partial charge in [0.1, 0.15) is 11.6 Å². The Morgan fingerprint density at radius 2 is 1.95 bits per heavy atom. The second-order valence-electron chi connectivity index (χ2n) is 5.99. The lowest BCUT2D eigenvalue weighted by Crippen LogP contribution is -2.42. The maximum atomic E-state index is 11.9. The Kier molecular flexibility index (Phi) is 5.31. The van der Waals surface area contributed by atoms with Crippen LogP contribution in [0.3, 0.4) is 0 Å². The molecule has 0 aliphatic rings. The standard InChI is InChI=1S/C16H23NO3/c1-11-7-6-8-13(9-11)10-14(18)17-12(2)15(19)20-16(3,4)5/h6-9,12H,10H2,1-5H3,(H,17,18)/t12-/m1/s1. The van der Waals surface area contributed by atoms with E-state index in [0.717, 1.165) is 11.1 Å². The minimum atomic E-state index is -0.647. The summed E-state index contributed by atoms with van der Waals surface area (Å²) in [6.45, 7) is 9.00. The molecule has 1 rings (SSSR count). The fourth-order valence-corrected chi connectivity index (χ4v) is 1.75. The van der Waals surface area contributed by atoms with E-state index >= 15 is 0 Å². The molecule has 0 unspecified atom stereocenters. The van der Waals surface area contributed by atoms with E-state index in [2.05, 4.69) is 5.32 Å². The highest BCUT2D eigenvalue weighted by atomic mass is 16.6. The number of benzene rings is 1. The van der Waals surface area contributed by atoms with Crippen molar-refractivity contribution in [3.05, 3.63) is 35.4 Å². The molecule has 1 amide bonds. The van der Waals surface area contributed by atoms with Crippen LogP contribution in [0.15, 0.2) is 24.3 Å². The Labute approximate surface area is 120 Å². The van der Waals surface area contributed by atoms with E-state index in [1.54, 1.807) is 27.7 Å². The van der Waals surface area contributed by atoms with Crippen molar-refractivity contribution < 1.29 is 14.3 Å². The van der Waals surface area contributed by atoms with Crippen LogP contribution in [-0.2, 0) is 20.7 Å². The van der Waals surface area contributed by atoms with Crippen molar-refractivity contribution in [2.24, 2.45) is 0 Å². The number of carbonyl (C=O) groups is 2. The van der Waals surface area contributed by atoms with Gasteiger partial charge in [0, 0.05) is 0 Å². The molecular formula is C16H23NO3. The fourth-order valence-electron chi connectivity index (χ4n) is 1.75. The quantitative estimate of drug-likeness (QED) is 0.860. The Morgan fingerprint density at radius 3 is 2.50 bits per heavy atom. The SMILES string of the molecule is Cc1cccc(CC(=O)N[C@H](C)C(=O)OC(C)(C)C)c1. The molecule has 0 spiro atoms. The van der Waals surface area contributed by atoms with Crippen LogP contribution in [0.25, 0.3) is 0 Å². The summed E-state index contributed by atoms with van der Waals surface area (Å²) in [6, 6.07) is 7.09. The van der Waals surface area contributed by atoms with Gasteiger partial charge in [-0.25, -0.2) is 4.79 Å². The largest absolute Gasteiger partial charge is 0.458 e. The van der Waals surface area contributed by atoms with Crippen LogP contribution < -0.4 is 5.32 Å². The van der Waals surface area contributed by atoms with Gasteiger partial charge in [0.25, 0.3) is 0 Å². The van der Waals surface area contributed by atoms with Crippen LogP contribution in [-0.4, -0.2) is 23.5 Å². The van der Waals surface area contributed by atoms with Crippen molar-refractivity contribution in [2.75, 3.05) is 0 Å². The summed E-state index contributed by atoms with van der Waals surface area (Å²) in [5, 5.41) is 2.66. The summed E-state index contributed by atoms with van der Waals surface area (Å²) >= 11 is 0. The maximum Gasteiger partial charge on any atom is 0.328 e. The molecule has 1 N–H and O–H groups in total. The molecule has 0 bridgehead atoms. The van der Waals surface area contributed by atoms with Crippen molar-refractivity contribution in [1.82, 2.24) is 5.32 Å². The van der Waals surface area contributed by atoms with E-state index in [-0.39, 0.29) is 12.3 Å².